The van der Waals surface area contributed by atoms with Crippen LogP contribution in [-0.4, -0.2) is 24.1 Å². The summed E-state index contributed by atoms with van der Waals surface area (Å²) in [6.45, 7) is 5.30. The smallest absolute Gasteiger partial charge is 0.250 e. The highest BCUT2D eigenvalue weighted by molar-refractivity contribution is 7.14. The summed E-state index contributed by atoms with van der Waals surface area (Å²) in [5.74, 6) is 1.39. The van der Waals surface area contributed by atoms with Crippen molar-refractivity contribution < 1.29 is 14.3 Å². The van der Waals surface area contributed by atoms with Gasteiger partial charge in [-0.1, -0.05) is 31.2 Å². The number of benzene rings is 2. The summed E-state index contributed by atoms with van der Waals surface area (Å²) in [6, 6.07) is 15.4. The van der Waals surface area contributed by atoms with Crippen molar-refractivity contribution in [3.8, 4) is 22.8 Å². The molecule has 0 aliphatic heterocycles. The largest absolute Gasteiger partial charge is 0.494 e. The number of carbonyl (C=O) groups is 1. The van der Waals surface area contributed by atoms with Crippen LogP contribution in [0.15, 0.2) is 60.0 Å². The normalized spacial score (nSPS) is 10.8. The van der Waals surface area contributed by atoms with Crippen molar-refractivity contribution in [1.82, 2.24) is 4.98 Å². The van der Waals surface area contributed by atoms with Crippen LogP contribution in [0.5, 0.6) is 11.5 Å². The Balaban J connectivity index is 1.61. The van der Waals surface area contributed by atoms with Gasteiger partial charge in [-0.25, -0.2) is 4.98 Å². The standard InChI is InChI=1S/C23H24N2O3S/c1-3-15-28-18-12-9-17(10-13-18)11-14-22(26)25-23-24-20(16-29-23)19-7-5-6-8-21(19)27-4-2/h5-14,16H,3-4,15H2,1-2H3,(H,24,25,26). The molecule has 0 bridgehead atoms. The third-order valence-corrected chi connectivity index (χ3v) is 4.74. The van der Waals surface area contributed by atoms with Crippen molar-refractivity contribution in [2.75, 3.05) is 18.5 Å². The molecule has 1 amide bonds. The number of nitrogens with one attached hydrogen (secondary N) is 1. The third-order valence-electron chi connectivity index (χ3n) is 3.98. The molecule has 150 valence electrons. The molecule has 0 saturated heterocycles. The van der Waals surface area contributed by atoms with Gasteiger partial charge in [-0.2, -0.15) is 0 Å². The number of anilines is 1. The first-order chi connectivity index (χ1) is 14.2. The molecule has 3 rings (SSSR count). The quantitative estimate of drug-likeness (QED) is 0.465. The SMILES string of the molecule is CCCOc1ccc(C=CC(=O)Nc2nc(-c3ccccc3OCC)cs2)cc1. The number of carbonyl (C=O) groups excluding carboxylic acids is 1. The van der Waals surface area contributed by atoms with Crippen LogP contribution in [0, 0.1) is 0 Å². The molecule has 1 aromatic heterocycles. The maximum atomic E-state index is 12.2. The highest BCUT2D eigenvalue weighted by Gasteiger charge is 2.10. The molecule has 0 saturated carbocycles. The molecule has 5 nitrogen and oxygen atoms in total. The minimum Gasteiger partial charge on any atom is -0.494 e. The third kappa shape index (κ3) is 5.93. The van der Waals surface area contributed by atoms with Crippen molar-refractivity contribution in [1.29, 1.82) is 0 Å². The fraction of sp³-hybridized carbons (Fsp3) is 0.217. The second-order valence-electron chi connectivity index (χ2n) is 6.21. The molecule has 0 radical (unpaired) electrons. The molecule has 6 heteroatoms. The molecular weight excluding hydrogens is 384 g/mol. The maximum Gasteiger partial charge on any atom is 0.250 e. The first kappa shape index (κ1) is 20.6. The van der Waals surface area contributed by atoms with Crippen LogP contribution in [0.2, 0.25) is 0 Å². The summed E-state index contributed by atoms with van der Waals surface area (Å²) in [5, 5.41) is 5.26. The Bertz CT molecular complexity index is 964. The first-order valence-electron chi connectivity index (χ1n) is 9.59. The van der Waals surface area contributed by atoms with Gasteiger partial charge in [0.15, 0.2) is 5.13 Å². The molecule has 3 aromatic rings. The lowest BCUT2D eigenvalue weighted by Gasteiger charge is -2.07. The number of hydrogen-bond donors (Lipinski definition) is 1. The van der Waals surface area contributed by atoms with E-state index in [1.165, 1.54) is 17.4 Å². The van der Waals surface area contributed by atoms with Crippen LogP contribution in [0.1, 0.15) is 25.8 Å². The van der Waals surface area contributed by atoms with Gasteiger partial charge in [0, 0.05) is 17.0 Å². The van der Waals surface area contributed by atoms with Crippen LogP contribution >= 0.6 is 11.3 Å². The number of thiazole rings is 1. The Morgan fingerprint density at radius 1 is 1.10 bits per heavy atom. The Kier molecular flexibility index (Phi) is 7.41. The van der Waals surface area contributed by atoms with Crippen LogP contribution in [0.3, 0.4) is 0 Å². The van der Waals surface area contributed by atoms with E-state index < -0.39 is 0 Å². The molecule has 1 heterocycles. The second kappa shape index (κ2) is 10.4. The molecule has 0 fully saturated rings. The molecular formula is C23H24N2O3S. The van der Waals surface area contributed by atoms with Gasteiger partial charge < -0.3 is 9.47 Å². The van der Waals surface area contributed by atoms with Crippen LogP contribution < -0.4 is 14.8 Å². The highest BCUT2D eigenvalue weighted by Crippen LogP contribution is 2.32. The molecule has 0 spiro atoms. The van der Waals surface area contributed by atoms with Crippen molar-refractivity contribution in [3.63, 3.8) is 0 Å². The first-order valence-corrected chi connectivity index (χ1v) is 10.5. The molecule has 2 aromatic carbocycles. The van der Waals surface area contributed by atoms with E-state index in [4.69, 9.17) is 9.47 Å². The van der Waals surface area contributed by atoms with E-state index >= 15 is 0 Å². The summed E-state index contributed by atoms with van der Waals surface area (Å²) in [7, 11) is 0. The van der Waals surface area contributed by atoms with E-state index in [0.717, 1.165) is 34.7 Å². The predicted molar refractivity (Wildman–Crippen MR) is 119 cm³/mol. The van der Waals surface area contributed by atoms with E-state index in [-0.39, 0.29) is 5.91 Å². The van der Waals surface area contributed by atoms with Gasteiger partial charge in [0.25, 0.3) is 0 Å². The molecule has 0 aliphatic rings. The lowest BCUT2D eigenvalue weighted by Crippen LogP contribution is -2.07. The summed E-state index contributed by atoms with van der Waals surface area (Å²) in [6.07, 6.45) is 4.23. The summed E-state index contributed by atoms with van der Waals surface area (Å²) >= 11 is 1.38. The predicted octanol–water partition coefficient (Wildman–Crippen LogP) is 5.65. The van der Waals surface area contributed by atoms with Crippen molar-refractivity contribution in [3.05, 3.63) is 65.6 Å². The number of ether oxygens (including phenoxy) is 2. The lowest BCUT2D eigenvalue weighted by atomic mass is 10.1. The Labute approximate surface area is 175 Å². The average molecular weight is 409 g/mol. The van der Waals surface area contributed by atoms with E-state index in [1.807, 2.05) is 60.8 Å². The maximum absolute atomic E-state index is 12.2. The zero-order valence-electron chi connectivity index (χ0n) is 16.6. The van der Waals surface area contributed by atoms with Gasteiger partial charge >= 0.3 is 0 Å². The second-order valence-corrected chi connectivity index (χ2v) is 7.07. The van der Waals surface area contributed by atoms with Gasteiger partial charge in [-0.05, 0) is 49.2 Å². The Hall–Kier alpha value is -3.12. The fourth-order valence-corrected chi connectivity index (χ4v) is 3.34. The van der Waals surface area contributed by atoms with Crippen molar-refractivity contribution in [2.45, 2.75) is 20.3 Å². The van der Waals surface area contributed by atoms with Crippen molar-refractivity contribution >= 4 is 28.5 Å². The topological polar surface area (TPSA) is 60.5 Å². The number of rotatable bonds is 9. The number of nitrogens with zero attached hydrogens (tertiary/aromatic N) is 1. The van der Waals surface area contributed by atoms with Gasteiger partial charge in [0.05, 0.1) is 18.9 Å². The Morgan fingerprint density at radius 2 is 1.90 bits per heavy atom. The van der Waals surface area contributed by atoms with E-state index in [1.54, 1.807) is 6.08 Å². The molecule has 0 unspecified atom stereocenters. The summed E-state index contributed by atoms with van der Waals surface area (Å²) < 4.78 is 11.2. The fourth-order valence-electron chi connectivity index (χ4n) is 2.63. The van der Waals surface area contributed by atoms with Gasteiger partial charge in [-0.3, -0.25) is 10.1 Å². The monoisotopic (exact) mass is 408 g/mol. The van der Waals surface area contributed by atoms with E-state index in [9.17, 15) is 4.79 Å². The highest BCUT2D eigenvalue weighted by atomic mass is 32.1. The minimum absolute atomic E-state index is 0.227. The minimum atomic E-state index is -0.227. The number of amides is 1. The number of para-hydroxylation sites is 1. The van der Waals surface area contributed by atoms with Crippen LogP contribution in [0.25, 0.3) is 17.3 Å². The van der Waals surface area contributed by atoms with Gasteiger partial charge in [0.1, 0.15) is 11.5 Å². The number of hydrogen-bond acceptors (Lipinski definition) is 5. The zero-order chi connectivity index (χ0) is 20.5. The van der Waals surface area contributed by atoms with Crippen LogP contribution in [-0.2, 0) is 4.79 Å². The zero-order valence-corrected chi connectivity index (χ0v) is 17.4. The molecule has 0 atom stereocenters. The van der Waals surface area contributed by atoms with E-state index in [2.05, 4.69) is 17.2 Å². The van der Waals surface area contributed by atoms with E-state index in [0.29, 0.717) is 18.3 Å². The average Bonchev–Trinajstić information content (AvgIpc) is 3.20. The summed E-state index contributed by atoms with van der Waals surface area (Å²) in [5.41, 5.74) is 2.61. The lowest BCUT2D eigenvalue weighted by molar-refractivity contribution is -0.111. The molecule has 29 heavy (non-hydrogen) atoms. The van der Waals surface area contributed by atoms with Crippen molar-refractivity contribution in [2.24, 2.45) is 0 Å². The molecule has 1 N–H and O–H groups in total. The Morgan fingerprint density at radius 3 is 2.66 bits per heavy atom. The number of aromatic nitrogens is 1. The molecule has 0 aliphatic carbocycles. The van der Waals surface area contributed by atoms with Gasteiger partial charge in [-0.15, -0.1) is 11.3 Å². The van der Waals surface area contributed by atoms with Gasteiger partial charge in [0.2, 0.25) is 5.91 Å². The summed E-state index contributed by atoms with van der Waals surface area (Å²) in [4.78, 5) is 16.7. The van der Waals surface area contributed by atoms with Crippen LogP contribution in [0.4, 0.5) is 5.13 Å².